The van der Waals surface area contributed by atoms with Crippen LogP contribution in [0.2, 0.25) is 0 Å². The molecular weight excluding hydrogens is 212 g/mol. The standard InChI is InChI=1S/C15H18O2/c1-15(2)6-7-17-14-9-11-10(8-12(14)15)4-3-5-13(11)16/h8-9H,3-7H2,1-2H3. The zero-order valence-corrected chi connectivity index (χ0v) is 10.5. The predicted octanol–water partition coefficient (Wildman–Crippen LogP) is 3.27. The maximum atomic E-state index is 11.9. The van der Waals surface area contributed by atoms with Crippen molar-refractivity contribution in [2.24, 2.45) is 0 Å². The second-order valence-corrected chi connectivity index (χ2v) is 5.76. The molecule has 0 fully saturated rings. The third-order valence-electron chi connectivity index (χ3n) is 4.07. The van der Waals surface area contributed by atoms with E-state index in [-0.39, 0.29) is 11.2 Å². The largest absolute Gasteiger partial charge is 0.493 e. The molecule has 0 bridgehead atoms. The first-order valence-corrected chi connectivity index (χ1v) is 6.41. The van der Waals surface area contributed by atoms with Crippen molar-refractivity contribution in [2.45, 2.75) is 44.9 Å². The number of ketones is 1. The molecule has 2 aliphatic rings. The van der Waals surface area contributed by atoms with E-state index in [1.807, 2.05) is 6.07 Å². The normalized spacial score (nSPS) is 21.4. The lowest BCUT2D eigenvalue weighted by Crippen LogP contribution is -2.27. The van der Waals surface area contributed by atoms with E-state index >= 15 is 0 Å². The maximum Gasteiger partial charge on any atom is 0.163 e. The molecule has 1 aliphatic heterocycles. The molecule has 3 rings (SSSR count). The molecule has 0 radical (unpaired) electrons. The van der Waals surface area contributed by atoms with Crippen molar-refractivity contribution in [2.75, 3.05) is 6.61 Å². The Labute approximate surface area is 102 Å². The molecule has 0 N–H and O–H groups in total. The lowest BCUT2D eigenvalue weighted by molar-refractivity contribution is 0.0971. The number of rotatable bonds is 0. The van der Waals surface area contributed by atoms with Gasteiger partial charge < -0.3 is 4.74 Å². The van der Waals surface area contributed by atoms with Gasteiger partial charge in [-0.25, -0.2) is 0 Å². The number of benzene rings is 1. The van der Waals surface area contributed by atoms with Crippen molar-refractivity contribution in [3.8, 4) is 5.75 Å². The maximum absolute atomic E-state index is 11.9. The third kappa shape index (κ3) is 1.67. The number of aryl methyl sites for hydroxylation is 1. The Morgan fingerprint density at radius 1 is 1.24 bits per heavy atom. The van der Waals surface area contributed by atoms with Gasteiger partial charge in [0, 0.05) is 17.5 Å². The van der Waals surface area contributed by atoms with Crippen LogP contribution in [0.3, 0.4) is 0 Å². The quantitative estimate of drug-likeness (QED) is 0.683. The van der Waals surface area contributed by atoms with E-state index in [0.717, 1.165) is 37.2 Å². The molecular formula is C15H18O2. The SMILES string of the molecule is CC1(C)CCOc2cc3c(cc21)CCCC3=O. The lowest BCUT2D eigenvalue weighted by atomic mass is 9.77. The summed E-state index contributed by atoms with van der Waals surface area (Å²) >= 11 is 0. The molecule has 0 saturated carbocycles. The molecule has 0 atom stereocenters. The Bertz CT molecular complexity index is 486. The number of hydrogen-bond acceptors (Lipinski definition) is 2. The zero-order valence-electron chi connectivity index (χ0n) is 10.5. The monoisotopic (exact) mass is 230 g/mol. The summed E-state index contributed by atoms with van der Waals surface area (Å²) in [4.78, 5) is 11.9. The van der Waals surface area contributed by atoms with Crippen molar-refractivity contribution in [1.29, 1.82) is 0 Å². The molecule has 0 aromatic heterocycles. The van der Waals surface area contributed by atoms with Crippen molar-refractivity contribution in [3.63, 3.8) is 0 Å². The smallest absolute Gasteiger partial charge is 0.163 e. The van der Waals surface area contributed by atoms with Gasteiger partial charge in [0.1, 0.15) is 5.75 Å². The minimum Gasteiger partial charge on any atom is -0.493 e. The van der Waals surface area contributed by atoms with E-state index in [9.17, 15) is 4.79 Å². The first kappa shape index (κ1) is 10.8. The molecule has 2 nitrogen and oxygen atoms in total. The summed E-state index contributed by atoms with van der Waals surface area (Å²) in [5.41, 5.74) is 3.56. The fourth-order valence-corrected chi connectivity index (χ4v) is 2.86. The highest BCUT2D eigenvalue weighted by Crippen LogP contribution is 2.41. The van der Waals surface area contributed by atoms with Crippen LogP contribution in [-0.2, 0) is 11.8 Å². The average Bonchev–Trinajstić information content (AvgIpc) is 2.28. The number of hydrogen-bond donors (Lipinski definition) is 0. The number of fused-ring (bicyclic) bond motifs is 2. The van der Waals surface area contributed by atoms with Crippen LogP contribution in [0.15, 0.2) is 12.1 Å². The first-order chi connectivity index (χ1) is 8.08. The van der Waals surface area contributed by atoms with Gasteiger partial charge in [0.25, 0.3) is 0 Å². The molecule has 2 heteroatoms. The fourth-order valence-electron chi connectivity index (χ4n) is 2.86. The second-order valence-electron chi connectivity index (χ2n) is 5.76. The van der Waals surface area contributed by atoms with E-state index in [0.29, 0.717) is 6.42 Å². The van der Waals surface area contributed by atoms with Gasteiger partial charge in [-0.3, -0.25) is 4.79 Å². The average molecular weight is 230 g/mol. The Kier molecular flexibility index (Phi) is 2.29. The fraction of sp³-hybridized carbons (Fsp3) is 0.533. The van der Waals surface area contributed by atoms with Gasteiger partial charge in [0.15, 0.2) is 5.78 Å². The van der Waals surface area contributed by atoms with E-state index < -0.39 is 0 Å². The van der Waals surface area contributed by atoms with Crippen LogP contribution in [-0.4, -0.2) is 12.4 Å². The van der Waals surface area contributed by atoms with Crippen molar-refractivity contribution >= 4 is 5.78 Å². The number of carbonyl (C=O) groups is 1. The van der Waals surface area contributed by atoms with Gasteiger partial charge in [-0.15, -0.1) is 0 Å². The van der Waals surface area contributed by atoms with Crippen LogP contribution >= 0.6 is 0 Å². The Morgan fingerprint density at radius 3 is 2.88 bits per heavy atom. The van der Waals surface area contributed by atoms with Gasteiger partial charge >= 0.3 is 0 Å². The summed E-state index contributed by atoms with van der Waals surface area (Å²) in [6, 6.07) is 4.19. The summed E-state index contributed by atoms with van der Waals surface area (Å²) in [6.45, 7) is 5.27. The summed E-state index contributed by atoms with van der Waals surface area (Å²) < 4.78 is 5.72. The molecule has 17 heavy (non-hydrogen) atoms. The van der Waals surface area contributed by atoms with Crippen molar-refractivity contribution in [1.82, 2.24) is 0 Å². The molecule has 0 amide bonds. The van der Waals surface area contributed by atoms with Gasteiger partial charge in [0.2, 0.25) is 0 Å². The molecule has 1 aromatic rings. The van der Waals surface area contributed by atoms with Crippen LogP contribution in [0.4, 0.5) is 0 Å². The Balaban J connectivity index is 2.17. The second kappa shape index (κ2) is 3.59. The first-order valence-electron chi connectivity index (χ1n) is 6.41. The molecule has 90 valence electrons. The molecule has 1 heterocycles. The van der Waals surface area contributed by atoms with Gasteiger partial charge in [-0.05, 0) is 36.3 Å². The minimum absolute atomic E-state index is 0.170. The van der Waals surface area contributed by atoms with Gasteiger partial charge in [0.05, 0.1) is 6.61 Å². The zero-order chi connectivity index (χ0) is 12.0. The Hall–Kier alpha value is -1.31. The van der Waals surface area contributed by atoms with Crippen LogP contribution in [0.25, 0.3) is 0 Å². The topological polar surface area (TPSA) is 26.3 Å². The Morgan fingerprint density at radius 2 is 2.06 bits per heavy atom. The number of ether oxygens (including phenoxy) is 1. The highest BCUT2D eigenvalue weighted by Gasteiger charge is 2.31. The number of Topliss-reactive ketones (excluding diaryl/α,β-unsaturated/α-hetero) is 1. The summed E-state index contributed by atoms with van der Waals surface area (Å²) in [5.74, 6) is 1.20. The molecule has 0 saturated heterocycles. The van der Waals surface area contributed by atoms with Gasteiger partial charge in [-0.1, -0.05) is 19.9 Å². The highest BCUT2D eigenvalue weighted by molar-refractivity contribution is 5.99. The molecule has 1 aliphatic carbocycles. The molecule has 0 spiro atoms. The van der Waals surface area contributed by atoms with E-state index in [1.165, 1.54) is 11.1 Å². The lowest BCUT2D eigenvalue weighted by Gasteiger charge is -2.34. The summed E-state index contributed by atoms with van der Waals surface area (Å²) in [6.07, 6.45) is 3.76. The molecule has 1 aromatic carbocycles. The van der Waals surface area contributed by atoms with E-state index in [4.69, 9.17) is 4.74 Å². The van der Waals surface area contributed by atoms with Crippen LogP contribution in [0.1, 0.15) is 54.6 Å². The predicted molar refractivity (Wildman–Crippen MR) is 66.8 cm³/mol. The van der Waals surface area contributed by atoms with Crippen molar-refractivity contribution < 1.29 is 9.53 Å². The van der Waals surface area contributed by atoms with Gasteiger partial charge in [-0.2, -0.15) is 0 Å². The van der Waals surface area contributed by atoms with Crippen molar-refractivity contribution in [3.05, 3.63) is 28.8 Å². The van der Waals surface area contributed by atoms with E-state index in [2.05, 4.69) is 19.9 Å². The minimum atomic E-state index is 0.170. The van der Waals surface area contributed by atoms with Crippen LogP contribution in [0.5, 0.6) is 5.75 Å². The van der Waals surface area contributed by atoms with Crippen LogP contribution in [0, 0.1) is 0 Å². The summed E-state index contributed by atoms with van der Waals surface area (Å²) in [7, 11) is 0. The highest BCUT2D eigenvalue weighted by atomic mass is 16.5. The summed E-state index contributed by atoms with van der Waals surface area (Å²) in [5, 5.41) is 0. The number of carbonyl (C=O) groups excluding carboxylic acids is 1. The van der Waals surface area contributed by atoms with Crippen LogP contribution < -0.4 is 4.74 Å². The third-order valence-corrected chi connectivity index (χ3v) is 4.07. The molecule has 0 unspecified atom stereocenters. The van der Waals surface area contributed by atoms with E-state index in [1.54, 1.807) is 0 Å².